The van der Waals surface area contributed by atoms with Crippen molar-refractivity contribution in [3.63, 3.8) is 0 Å². The molecule has 0 aromatic heterocycles. The van der Waals surface area contributed by atoms with Crippen LogP contribution in [0.25, 0.3) is 0 Å². The fourth-order valence-electron chi connectivity index (χ4n) is 1.72. The zero-order valence-electron chi connectivity index (χ0n) is 10.1. The minimum absolute atomic E-state index is 0.00315. The summed E-state index contributed by atoms with van der Waals surface area (Å²) in [5, 5.41) is 9.15. The summed E-state index contributed by atoms with van der Waals surface area (Å²) in [6, 6.07) is 8.10. The van der Waals surface area contributed by atoms with Crippen molar-refractivity contribution in [1.29, 1.82) is 5.26 Å². The molecule has 0 aliphatic heterocycles. The Hall–Kier alpha value is -1.49. The van der Waals surface area contributed by atoms with Crippen LogP contribution in [0.5, 0.6) is 5.75 Å². The first-order valence-electron chi connectivity index (χ1n) is 5.72. The van der Waals surface area contributed by atoms with Crippen LogP contribution >= 0.6 is 0 Å². The summed E-state index contributed by atoms with van der Waals surface area (Å²) in [5.41, 5.74) is 1.81. The molecule has 0 unspecified atom stereocenters. The van der Waals surface area contributed by atoms with E-state index in [1.54, 1.807) is 0 Å². The van der Waals surface area contributed by atoms with Gasteiger partial charge in [0.25, 0.3) is 0 Å². The molecular weight excluding hydrogens is 198 g/mol. The molecule has 1 fully saturated rings. The van der Waals surface area contributed by atoms with Crippen LogP contribution in [-0.2, 0) is 5.41 Å². The standard InChI is InChI=1S/C14H17NO/c1-14(2,3)13-7-6-12(8-10(13)9-15)16-11-4-5-11/h6-8,11H,4-5H2,1-3H3. The van der Waals surface area contributed by atoms with E-state index in [9.17, 15) is 0 Å². The smallest absolute Gasteiger partial charge is 0.121 e. The lowest BCUT2D eigenvalue weighted by molar-refractivity contribution is 0.303. The lowest BCUT2D eigenvalue weighted by Gasteiger charge is -2.20. The van der Waals surface area contributed by atoms with Crippen LogP contribution in [0.1, 0.15) is 44.7 Å². The van der Waals surface area contributed by atoms with Gasteiger partial charge in [0.05, 0.1) is 17.7 Å². The zero-order chi connectivity index (χ0) is 11.8. The monoisotopic (exact) mass is 215 g/mol. The van der Waals surface area contributed by atoms with E-state index in [1.807, 2.05) is 18.2 Å². The Bertz CT molecular complexity index is 433. The Balaban J connectivity index is 2.31. The molecule has 0 radical (unpaired) electrons. The van der Waals surface area contributed by atoms with E-state index in [0.717, 1.165) is 29.7 Å². The summed E-state index contributed by atoms with van der Waals surface area (Å²) in [6.07, 6.45) is 2.67. The average Bonchev–Trinajstić information content (AvgIpc) is 3.00. The second-order valence-corrected chi connectivity index (χ2v) is 5.39. The van der Waals surface area contributed by atoms with E-state index in [1.165, 1.54) is 0 Å². The maximum atomic E-state index is 9.15. The SMILES string of the molecule is CC(C)(C)c1ccc(OC2CC2)cc1C#N. The number of hydrogen-bond donors (Lipinski definition) is 0. The van der Waals surface area contributed by atoms with Crippen LogP contribution in [0.2, 0.25) is 0 Å². The number of ether oxygens (including phenoxy) is 1. The van der Waals surface area contributed by atoms with E-state index in [4.69, 9.17) is 10.00 Å². The molecule has 0 amide bonds. The normalized spacial score (nSPS) is 15.6. The molecule has 16 heavy (non-hydrogen) atoms. The molecule has 1 saturated carbocycles. The van der Waals surface area contributed by atoms with Gasteiger partial charge in [-0.2, -0.15) is 5.26 Å². The topological polar surface area (TPSA) is 33.0 Å². The van der Waals surface area contributed by atoms with E-state index in [-0.39, 0.29) is 5.41 Å². The van der Waals surface area contributed by atoms with Gasteiger partial charge in [-0.15, -0.1) is 0 Å². The van der Waals surface area contributed by atoms with Crippen LogP contribution in [0.4, 0.5) is 0 Å². The Morgan fingerprint density at radius 1 is 1.31 bits per heavy atom. The molecule has 0 N–H and O–H groups in total. The van der Waals surface area contributed by atoms with Gasteiger partial charge in [-0.1, -0.05) is 26.8 Å². The van der Waals surface area contributed by atoms with Gasteiger partial charge in [-0.3, -0.25) is 0 Å². The number of nitriles is 1. The number of nitrogens with zero attached hydrogens (tertiary/aromatic N) is 1. The maximum absolute atomic E-state index is 9.15. The van der Waals surface area contributed by atoms with Crippen LogP contribution < -0.4 is 4.74 Å². The first kappa shape index (κ1) is 11.0. The van der Waals surface area contributed by atoms with E-state index in [2.05, 4.69) is 26.8 Å². The summed E-state index contributed by atoms with van der Waals surface area (Å²) in [4.78, 5) is 0. The molecule has 1 aromatic carbocycles. The van der Waals surface area contributed by atoms with Gasteiger partial charge in [0.1, 0.15) is 5.75 Å². The first-order valence-corrected chi connectivity index (χ1v) is 5.72. The van der Waals surface area contributed by atoms with Crippen LogP contribution in [0, 0.1) is 11.3 Å². The second kappa shape index (κ2) is 3.83. The van der Waals surface area contributed by atoms with Crippen molar-refractivity contribution in [1.82, 2.24) is 0 Å². The third-order valence-corrected chi connectivity index (χ3v) is 2.75. The fourth-order valence-corrected chi connectivity index (χ4v) is 1.72. The van der Waals surface area contributed by atoms with Crippen LogP contribution in [0.15, 0.2) is 18.2 Å². The second-order valence-electron chi connectivity index (χ2n) is 5.39. The van der Waals surface area contributed by atoms with Gasteiger partial charge in [0.2, 0.25) is 0 Å². The molecule has 0 spiro atoms. The molecule has 0 heterocycles. The Labute approximate surface area is 96.9 Å². The number of benzene rings is 1. The molecule has 84 valence electrons. The number of rotatable bonds is 2. The molecule has 1 aliphatic rings. The van der Waals surface area contributed by atoms with Gasteiger partial charge in [0.15, 0.2) is 0 Å². The molecule has 2 heteroatoms. The molecular formula is C14H17NO. The van der Waals surface area contributed by atoms with Crippen molar-refractivity contribution in [2.24, 2.45) is 0 Å². The number of hydrogen-bond acceptors (Lipinski definition) is 2. The van der Waals surface area contributed by atoms with Crippen molar-refractivity contribution >= 4 is 0 Å². The predicted molar refractivity (Wildman–Crippen MR) is 63.5 cm³/mol. The Kier molecular flexibility index (Phi) is 2.63. The predicted octanol–water partition coefficient (Wildman–Crippen LogP) is 3.40. The highest BCUT2D eigenvalue weighted by Crippen LogP contribution is 2.31. The van der Waals surface area contributed by atoms with Gasteiger partial charge in [-0.25, -0.2) is 0 Å². The zero-order valence-corrected chi connectivity index (χ0v) is 10.1. The highest BCUT2D eigenvalue weighted by molar-refractivity contribution is 5.46. The van der Waals surface area contributed by atoms with Gasteiger partial charge in [0, 0.05) is 0 Å². The van der Waals surface area contributed by atoms with Crippen LogP contribution in [0.3, 0.4) is 0 Å². The summed E-state index contributed by atoms with van der Waals surface area (Å²) >= 11 is 0. The molecule has 1 aliphatic carbocycles. The summed E-state index contributed by atoms with van der Waals surface area (Å²) in [7, 11) is 0. The summed E-state index contributed by atoms with van der Waals surface area (Å²) in [5.74, 6) is 0.826. The molecule has 0 atom stereocenters. The molecule has 2 nitrogen and oxygen atoms in total. The molecule has 2 rings (SSSR count). The quantitative estimate of drug-likeness (QED) is 0.757. The lowest BCUT2D eigenvalue weighted by Crippen LogP contribution is -2.13. The van der Waals surface area contributed by atoms with Crippen molar-refractivity contribution in [2.45, 2.75) is 45.1 Å². The summed E-state index contributed by atoms with van der Waals surface area (Å²) < 4.78 is 5.68. The highest BCUT2D eigenvalue weighted by atomic mass is 16.5. The lowest BCUT2D eigenvalue weighted by atomic mass is 9.84. The molecule has 0 bridgehead atoms. The Morgan fingerprint density at radius 2 is 2.00 bits per heavy atom. The van der Waals surface area contributed by atoms with E-state index >= 15 is 0 Å². The first-order chi connectivity index (χ1) is 7.50. The highest BCUT2D eigenvalue weighted by Gasteiger charge is 2.24. The Morgan fingerprint density at radius 3 is 2.50 bits per heavy atom. The minimum Gasteiger partial charge on any atom is -0.490 e. The van der Waals surface area contributed by atoms with Crippen molar-refractivity contribution in [3.05, 3.63) is 29.3 Å². The van der Waals surface area contributed by atoms with Crippen LogP contribution in [-0.4, -0.2) is 6.10 Å². The fraction of sp³-hybridized carbons (Fsp3) is 0.500. The van der Waals surface area contributed by atoms with Crippen molar-refractivity contribution in [3.8, 4) is 11.8 Å². The van der Waals surface area contributed by atoms with Gasteiger partial charge >= 0.3 is 0 Å². The van der Waals surface area contributed by atoms with Gasteiger partial charge in [-0.05, 0) is 36.0 Å². The van der Waals surface area contributed by atoms with E-state index < -0.39 is 0 Å². The average molecular weight is 215 g/mol. The van der Waals surface area contributed by atoms with Crippen molar-refractivity contribution < 1.29 is 4.74 Å². The van der Waals surface area contributed by atoms with Gasteiger partial charge < -0.3 is 4.74 Å². The largest absolute Gasteiger partial charge is 0.490 e. The molecule has 0 saturated heterocycles. The third kappa shape index (κ3) is 2.36. The summed E-state index contributed by atoms with van der Waals surface area (Å²) in [6.45, 7) is 6.35. The third-order valence-electron chi connectivity index (χ3n) is 2.75. The van der Waals surface area contributed by atoms with Crippen molar-refractivity contribution in [2.75, 3.05) is 0 Å². The maximum Gasteiger partial charge on any atom is 0.121 e. The minimum atomic E-state index is 0.00315. The van der Waals surface area contributed by atoms with E-state index in [0.29, 0.717) is 6.10 Å². The molecule has 1 aromatic rings.